The van der Waals surface area contributed by atoms with Crippen molar-refractivity contribution >= 4 is 29.0 Å². The Morgan fingerprint density at radius 2 is 1.59 bits per heavy atom. The van der Waals surface area contributed by atoms with E-state index in [1.165, 1.54) is 0 Å². The van der Waals surface area contributed by atoms with E-state index in [0.717, 1.165) is 27.3 Å². The van der Waals surface area contributed by atoms with Gasteiger partial charge in [-0.25, -0.2) is 4.79 Å². The zero-order valence-corrected chi connectivity index (χ0v) is 24.5. The van der Waals surface area contributed by atoms with Crippen molar-refractivity contribution in [3.8, 4) is 11.5 Å². The zero-order chi connectivity index (χ0) is 28.1. The van der Waals surface area contributed by atoms with E-state index in [1.54, 1.807) is 21.1 Å². The quantitative estimate of drug-likeness (QED) is 0.290. The van der Waals surface area contributed by atoms with Crippen LogP contribution >= 0.6 is 11.3 Å². The number of rotatable bonds is 10. The smallest absolute Gasteiger partial charge is 0.322 e. The van der Waals surface area contributed by atoms with Crippen LogP contribution in [0.1, 0.15) is 74.9 Å². The summed E-state index contributed by atoms with van der Waals surface area (Å²) in [5, 5.41) is 5.18. The van der Waals surface area contributed by atoms with Gasteiger partial charge in [0.1, 0.15) is 6.54 Å². The number of para-hydroxylation sites is 1. The van der Waals surface area contributed by atoms with Crippen molar-refractivity contribution in [2.45, 2.75) is 72.5 Å². The molecule has 0 bridgehead atoms. The number of nitrogens with one attached hydrogen (secondary N) is 1. The van der Waals surface area contributed by atoms with Gasteiger partial charge in [0, 0.05) is 23.2 Å². The molecule has 1 aromatic heterocycles. The predicted octanol–water partition coefficient (Wildman–Crippen LogP) is 7.19. The van der Waals surface area contributed by atoms with Crippen LogP contribution in [0.5, 0.6) is 11.5 Å². The molecule has 0 aliphatic carbocycles. The summed E-state index contributed by atoms with van der Waals surface area (Å²) in [6.07, 6.45) is 0. The number of hydrogen-bond acceptors (Lipinski definition) is 5. The van der Waals surface area contributed by atoms with Crippen LogP contribution in [0, 0.1) is 0 Å². The summed E-state index contributed by atoms with van der Waals surface area (Å²) in [6.45, 7) is 13.4. The van der Waals surface area contributed by atoms with Crippen molar-refractivity contribution in [2.24, 2.45) is 0 Å². The normalized spacial score (nSPS) is 12.3. The molecular weight excluding hydrogens is 510 g/mol. The number of nitrogens with zero attached hydrogens (tertiary/aromatic N) is 2. The standard InChI is InChI=1S/C31H39N3O4S/c1-20(2)25-10-7-11-26(21(3)4)30(25)32-31(36)34(22(5)6)18-29(35)33(17-24-9-8-14-39-24)16-23-12-13-27-28(15-23)38-19-37-27/h7-15,20-22H,16-19H2,1-6H3,(H,32,36). The average molecular weight is 550 g/mol. The van der Waals surface area contributed by atoms with Crippen LogP contribution in [-0.2, 0) is 17.9 Å². The first-order valence-corrected chi connectivity index (χ1v) is 14.4. The first-order chi connectivity index (χ1) is 18.6. The second kappa shape index (κ2) is 12.6. The SMILES string of the molecule is CC(C)c1cccc(C(C)C)c1NC(=O)N(CC(=O)N(Cc1ccc2c(c1)OCO2)Cc1cccs1)C(C)C. The highest BCUT2D eigenvalue weighted by Crippen LogP contribution is 2.34. The van der Waals surface area contributed by atoms with Crippen LogP contribution in [0.2, 0.25) is 0 Å². The van der Waals surface area contributed by atoms with E-state index in [-0.39, 0.29) is 43.2 Å². The zero-order valence-electron chi connectivity index (χ0n) is 23.7. The second-order valence-electron chi connectivity index (χ2n) is 10.8. The fraction of sp³-hybridized carbons (Fsp3) is 0.419. The molecule has 1 aliphatic heterocycles. The van der Waals surface area contributed by atoms with Crippen molar-refractivity contribution in [3.05, 3.63) is 75.5 Å². The molecular formula is C31H39N3O4S. The number of ether oxygens (including phenoxy) is 2. The lowest BCUT2D eigenvalue weighted by molar-refractivity contribution is -0.133. The second-order valence-corrected chi connectivity index (χ2v) is 11.8. The molecule has 8 heteroatoms. The molecule has 1 aliphatic rings. The Hall–Kier alpha value is -3.52. The van der Waals surface area contributed by atoms with Crippen LogP contribution in [0.3, 0.4) is 0 Å². The summed E-state index contributed by atoms with van der Waals surface area (Å²) in [5.74, 6) is 1.77. The van der Waals surface area contributed by atoms with Crippen LogP contribution in [0.4, 0.5) is 10.5 Å². The first-order valence-electron chi connectivity index (χ1n) is 13.5. The summed E-state index contributed by atoms with van der Waals surface area (Å²) >= 11 is 1.61. The molecule has 2 heterocycles. The maximum absolute atomic E-state index is 13.8. The number of urea groups is 1. The molecule has 0 spiro atoms. The third-order valence-corrected chi connectivity index (χ3v) is 7.75. The summed E-state index contributed by atoms with van der Waals surface area (Å²) in [4.78, 5) is 32.0. The van der Waals surface area contributed by atoms with Crippen LogP contribution in [0.15, 0.2) is 53.9 Å². The van der Waals surface area contributed by atoms with E-state index in [1.807, 2.05) is 55.6 Å². The van der Waals surface area contributed by atoms with Crippen LogP contribution in [0.25, 0.3) is 0 Å². The summed E-state index contributed by atoms with van der Waals surface area (Å²) in [6, 6.07) is 15.5. The number of benzene rings is 2. The largest absolute Gasteiger partial charge is 0.454 e. The van der Waals surface area contributed by atoms with E-state index in [0.29, 0.717) is 24.6 Å². The molecule has 3 aromatic rings. The monoisotopic (exact) mass is 549 g/mol. The molecule has 7 nitrogen and oxygen atoms in total. The molecule has 39 heavy (non-hydrogen) atoms. The minimum Gasteiger partial charge on any atom is -0.454 e. The first kappa shape index (κ1) is 28.5. The fourth-order valence-corrected chi connectivity index (χ4v) is 5.41. The molecule has 4 rings (SSSR count). The van der Waals surface area contributed by atoms with E-state index in [9.17, 15) is 9.59 Å². The lowest BCUT2D eigenvalue weighted by Gasteiger charge is -2.31. The molecule has 0 radical (unpaired) electrons. The number of anilines is 1. The van der Waals surface area contributed by atoms with Gasteiger partial charge in [-0.3, -0.25) is 4.79 Å². The highest BCUT2D eigenvalue weighted by molar-refractivity contribution is 7.09. The molecule has 3 amide bonds. The number of amides is 3. The fourth-order valence-electron chi connectivity index (χ4n) is 4.69. The molecule has 0 atom stereocenters. The Balaban J connectivity index is 1.56. The van der Waals surface area contributed by atoms with E-state index in [4.69, 9.17) is 9.47 Å². The Labute approximate surface area is 235 Å². The number of thiophene rings is 1. The third kappa shape index (κ3) is 6.92. The van der Waals surface area contributed by atoms with E-state index < -0.39 is 0 Å². The van der Waals surface area contributed by atoms with Crippen LogP contribution < -0.4 is 14.8 Å². The Bertz CT molecular complexity index is 1260. The highest BCUT2D eigenvalue weighted by atomic mass is 32.1. The van der Waals surface area contributed by atoms with E-state index in [2.05, 4.69) is 45.1 Å². The molecule has 2 aromatic carbocycles. The van der Waals surface area contributed by atoms with Gasteiger partial charge in [-0.15, -0.1) is 11.3 Å². The molecule has 0 saturated carbocycles. The topological polar surface area (TPSA) is 71.1 Å². The predicted molar refractivity (Wildman–Crippen MR) is 157 cm³/mol. The van der Waals surface area contributed by atoms with Gasteiger partial charge in [-0.05, 0) is 66.0 Å². The Morgan fingerprint density at radius 3 is 2.21 bits per heavy atom. The average Bonchev–Trinajstić information content (AvgIpc) is 3.58. The Kier molecular flexibility index (Phi) is 9.17. The maximum Gasteiger partial charge on any atom is 0.322 e. The minimum absolute atomic E-state index is 0.0275. The minimum atomic E-state index is -0.271. The number of carbonyl (C=O) groups excluding carboxylic acids is 2. The Morgan fingerprint density at radius 1 is 0.897 bits per heavy atom. The highest BCUT2D eigenvalue weighted by Gasteiger charge is 2.26. The van der Waals surface area contributed by atoms with Crippen molar-refractivity contribution in [1.82, 2.24) is 9.80 Å². The molecule has 1 N–H and O–H groups in total. The third-order valence-electron chi connectivity index (χ3n) is 6.88. The van der Waals surface area contributed by atoms with Gasteiger partial charge in [0.15, 0.2) is 11.5 Å². The molecule has 0 unspecified atom stereocenters. The maximum atomic E-state index is 13.8. The lowest BCUT2D eigenvalue weighted by atomic mass is 9.93. The van der Waals surface area contributed by atoms with Crippen molar-refractivity contribution in [1.29, 1.82) is 0 Å². The molecule has 0 saturated heterocycles. The molecule has 208 valence electrons. The van der Waals surface area contributed by atoms with Gasteiger partial charge < -0.3 is 24.6 Å². The summed E-state index contributed by atoms with van der Waals surface area (Å²) in [7, 11) is 0. The van der Waals surface area contributed by atoms with Gasteiger partial charge in [0.2, 0.25) is 12.7 Å². The molecule has 0 fully saturated rings. The van der Waals surface area contributed by atoms with Crippen LogP contribution in [-0.4, -0.2) is 41.1 Å². The van der Waals surface area contributed by atoms with Crippen molar-refractivity contribution < 1.29 is 19.1 Å². The van der Waals surface area contributed by atoms with E-state index >= 15 is 0 Å². The van der Waals surface area contributed by atoms with Gasteiger partial charge in [-0.2, -0.15) is 0 Å². The summed E-state index contributed by atoms with van der Waals surface area (Å²) < 4.78 is 11.0. The van der Waals surface area contributed by atoms with Crippen molar-refractivity contribution in [2.75, 3.05) is 18.7 Å². The van der Waals surface area contributed by atoms with Gasteiger partial charge in [0.25, 0.3) is 0 Å². The van der Waals surface area contributed by atoms with Gasteiger partial charge in [-0.1, -0.05) is 58.0 Å². The number of hydrogen-bond donors (Lipinski definition) is 1. The van der Waals surface area contributed by atoms with Gasteiger partial charge >= 0.3 is 6.03 Å². The lowest BCUT2D eigenvalue weighted by Crippen LogP contribution is -2.47. The van der Waals surface area contributed by atoms with Gasteiger partial charge in [0.05, 0.1) is 6.54 Å². The number of carbonyl (C=O) groups is 2. The van der Waals surface area contributed by atoms with Crippen molar-refractivity contribution in [3.63, 3.8) is 0 Å². The summed E-state index contributed by atoms with van der Waals surface area (Å²) in [5.41, 5.74) is 3.97. The number of fused-ring (bicyclic) bond motifs is 1.